The predicted octanol–water partition coefficient (Wildman–Crippen LogP) is 4.59. The Morgan fingerprint density at radius 3 is 2.56 bits per heavy atom. The first-order valence-corrected chi connectivity index (χ1v) is 11.6. The Labute approximate surface area is 165 Å². The van der Waals surface area contributed by atoms with Gasteiger partial charge in [0.05, 0.1) is 12.2 Å². The van der Waals surface area contributed by atoms with Gasteiger partial charge in [-0.3, -0.25) is 0 Å². The summed E-state index contributed by atoms with van der Waals surface area (Å²) in [6.45, 7) is 7.17. The molecule has 0 heterocycles. The van der Waals surface area contributed by atoms with Crippen molar-refractivity contribution in [1.29, 1.82) is 0 Å². The average Bonchev–Trinajstić information content (AvgIpc) is 3.00. The number of hydrogen-bond acceptors (Lipinski definition) is 3. The van der Waals surface area contributed by atoms with Crippen LogP contribution in [0.4, 0.5) is 0 Å². The molecule has 3 nitrogen and oxygen atoms in total. The van der Waals surface area contributed by atoms with Crippen molar-refractivity contribution in [1.82, 2.24) is 0 Å². The molecule has 4 aliphatic carbocycles. The van der Waals surface area contributed by atoms with Crippen LogP contribution < -0.4 is 0 Å². The number of carbonyl (C=O) groups is 1. The summed E-state index contributed by atoms with van der Waals surface area (Å²) in [7, 11) is 0. The zero-order valence-electron chi connectivity index (χ0n) is 17.6. The largest absolute Gasteiger partial charge is 0.393 e. The number of aliphatic hydroxyl groups is 2. The van der Waals surface area contributed by atoms with Crippen LogP contribution in [0.1, 0.15) is 85.0 Å². The van der Waals surface area contributed by atoms with Gasteiger partial charge in [-0.25, -0.2) is 0 Å². The molecule has 0 saturated heterocycles. The van der Waals surface area contributed by atoms with Gasteiger partial charge >= 0.3 is 0 Å². The van der Waals surface area contributed by atoms with Gasteiger partial charge in [0.25, 0.3) is 0 Å². The van der Waals surface area contributed by atoms with E-state index in [1.165, 1.54) is 25.7 Å². The summed E-state index contributed by atoms with van der Waals surface area (Å²) in [5, 5.41) is 21.7. The molecule has 10 atom stereocenters. The minimum atomic E-state index is -0.211. The van der Waals surface area contributed by atoms with E-state index in [0.717, 1.165) is 44.3 Å². The van der Waals surface area contributed by atoms with Gasteiger partial charge in [0.15, 0.2) is 0 Å². The van der Waals surface area contributed by atoms with Gasteiger partial charge in [-0.1, -0.05) is 20.8 Å². The first kappa shape index (κ1) is 19.9. The Balaban J connectivity index is 1.58. The van der Waals surface area contributed by atoms with Gasteiger partial charge in [-0.2, -0.15) is 0 Å². The van der Waals surface area contributed by atoms with Gasteiger partial charge in [0.1, 0.15) is 6.29 Å². The third kappa shape index (κ3) is 2.94. The second kappa shape index (κ2) is 7.13. The van der Waals surface area contributed by atoms with E-state index >= 15 is 0 Å². The fraction of sp³-hybridized carbons (Fsp3) is 0.958. The van der Waals surface area contributed by atoms with Crippen LogP contribution in [0.3, 0.4) is 0 Å². The summed E-state index contributed by atoms with van der Waals surface area (Å²) >= 11 is 0. The van der Waals surface area contributed by atoms with Crippen molar-refractivity contribution in [2.75, 3.05) is 0 Å². The topological polar surface area (TPSA) is 57.5 Å². The lowest BCUT2D eigenvalue weighted by Gasteiger charge is -2.62. The molecule has 0 aliphatic heterocycles. The third-order valence-corrected chi connectivity index (χ3v) is 10.2. The second-order valence-electron chi connectivity index (χ2n) is 11.1. The molecule has 0 aromatic rings. The number of aliphatic hydroxyl groups excluding tert-OH is 2. The summed E-state index contributed by atoms with van der Waals surface area (Å²) in [6, 6.07) is 0. The van der Waals surface area contributed by atoms with E-state index in [9.17, 15) is 15.0 Å². The Bertz CT molecular complexity index is 562. The van der Waals surface area contributed by atoms with Crippen LogP contribution in [0, 0.1) is 46.3 Å². The van der Waals surface area contributed by atoms with Gasteiger partial charge in [0, 0.05) is 6.42 Å². The highest BCUT2D eigenvalue weighted by atomic mass is 16.3. The van der Waals surface area contributed by atoms with Crippen molar-refractivity contribution >= 4 is 6.29 Å². The predicted molar refractivity (Wildman–Crippen MR) is 107 cm³/mol. The van der Waals surface area contributed by atoms with E-state index < -0.39 is 0 Å². The fourth-order valence-corrected chi connectivity index (χ4v) is 8.69. The molecule has 0 amide bonds. The van der Waals surface area contributed by atoms with Gasteiger partial charge < -0.3 is 15.0 Å². The lowest BCUT2D eigenvalue weighted by atomic mass is 9.43. The normalized spacial score (nSPS) is 53.1. The monoisotopic (exact) mass is 376 g/mol. The second-order valence-corrected chi connectivity index (χ2v) is 11.1. The van der Waals surface area contributed by atoms with E-state index in [1.54, 1.807) is 0 Å². The molecular weight excluding hydrogens is 336 g/mol. The zero-order chi connectivity index (χ0) is 19.4. The molecule has 0 radical (unpaired) electrons. The van der Waals surface area contributed by atoms with E-state index in [4.69, 9.17) is 0 Å². The molecule has 10 unspecified atom stereocenters. The highest BCUT2D eigenvalue weighted by Gasteiger charge is 2.63. The van der Waals surface area contributed by atoms with Crippen molar-refractivity contribution in [3.8, 4) is 0 Å². The van der Waals surface area contributed by atoms with Crippen molar-refractivity contribution in [3.63, 3.8) is 0 Å². The number of carbonyl (C=O) groups excluding carboxylic acids is 1. The summed E-state index contributed by atoms with van der Waals surface area (Å²) in [5.74, 6) is 3.73. The molecule has 4 aliphatic rings. The third-order valence-electron chi connectivity index (χ3n) is 10.2. The van der Waals surface area contributed by atoms with Gasteiger partial charge in [-0.05, 0) is 104 Å². The maximum atomic E-state index is 11.5. The quantitative estimate of drug-likeness (QED) is 0.706. The van der Waals surface area contributed by atoms with Crippen LogP contribution in [0.2, 0.25) is 0 Å². The molecule has 4 rings (SSSR count). The van der Waals surface area contributed by atoms with E-state index in [2.05, 4.69) is 20.8 Å². The Hall–Kier alpha value is -0.410. The summed E-state index contributed by atoms with van der Waals surface area (Å²) in [6.07, 6.45) is 11.4. The first-order valence-electron chi connectivity index (χ1n) is 11.6. The highest BCUT2D eigenvalue weighted by Crippen LogP contribution is 2.68. The average molecular weight is 377 g/mol. The van der Waals surface area contributed by atoms with Gasteiger partial charge in [0.2, 0.25) is 0 Å². The van der Waals surface area contributed by atoms with Crippen molar-refractivity contribution in [3.05, 3.63) is 0 Å². The Morgan fingerprint density at radius 1 is 1.04 bits per heavy atom. The van der Waals surface area contributed by atoms with Crippen molar-refractivity contribution < 1.29 is 15.0 Å². The molecule has 4 fully saturated rings. The molecular formula is C24H40O3. The fourth-order valence-electron chi connectivity index (χ4n) is 8.69. The SMILES string of the molecule is CC(CCC=O)C1CCC2C3CCC4CC(O)CCC4(C)C3CC(O)C12C. The molecule has 2 N–H and O–H groups in total. The molecule has 3 heteroatoms. The van der Waals surface area contributed by atoms with E-state index in [-0.39, 0.29) is 17.6 Å². The smallest absolute Gasteiger partial charge is 0.120 e. The van der Waals surface area contributed by atoms with Crippen LogP contribution >= 0.6 is 0 Å². The highest BCUT2D eigenvalue weighted by molar-refractivity contribution is 5.49. The lowest BCUT2D eigenvalue weighted by molar-refractivity contribution is -0.174. The zero-order valence-corrected chi connectivity index (χ0v) is 17.6. The number of rotatable bonds is 4. The molecule has 4 saturated carbocycles. The van der Waals surface area contributed by atoms with Crippen molar-refractivity contribution in [2.45, 2.75) is 97.2 Å². The van der Waals surface area contributed by atoms with E-state index in [1.807, 2.05) is 0 Å². The summed E-state index contributed by atoms with van der Waals surface area (Å²) in [4.78, 5) is 10.9. The van der Waals surface area contributed by atoms with Crippen LogP contribution in [0.5, 0.6) is 0 Å². The van der Waals surface area contributed by atoms with Crippen molar-refractivity contribution in [2.24, 2.45) is 46.3 Å². The molecule has 0 bridgehead atoms. The molecule has 0 spiro atoms. The maximum absolute atomic E-state index is 11.5. The molecule has 0 aromatic carbocycles. The number of fused-ring (bicyclic) bond motifs is 5. The van der Waals surface area contributed by atoms with Crippen LogP contribution in [0.15, 0.2) is 0 Å². The minimum Gasteiger partial charge on any atom is -0.393 e. The minimum absolute atomic E-state index is 0.0286. The maximum Gasteiger partial charge on any atom is 0.120 e. The Morgan fingerprint density at radius 2 is 1.81 bits per heavy atom. The van der Waals surface area contributed by atoms with Crippen LogP contribution in [-0.2, 0) is 4.79 Å². The van der Waals surface area contributed by atoms with Crippen LogP contribution in [0.25, 0.3) is 0 Å². The summed E-state index contributed by atoms with van der Waals surface area (Å²) in [5.41, 5.74) is 0.340. The molecule has 154 valence electrons. The van der Waals surface area contributed by atoms with E-state index in [0.29, 0.717) is 41.4 Å². The molecule has 27 heavy (non-hydrogen) atoms. The Kier molecular flexibility index (Phi) is 5.25. The standard InChI is InChI=1S/C24H40O3/c1-15(5-4-12-25)19-8-9-20-18-7-6-16-13-17(26)10-11-23(16,2)21(18)14-22(27)24(19,20)3/h12,15-22,26-27H,4-11,13-14H2,1-3H3. The summed E-state index contributed by atoms with van der Waals surface area (Å²) < 4.78 is 0. The number of aldehydes is 1. The molecule has 0 aromatic heterocycles. The van der Waals surface area contributed by atoms with Crippen LogP contribution in [-0.4, -0.2) is 28.7 Å². The first-order chi connectivity index (χ1) is 12.8. The lowest BCUT2D eigenvalue weighted by Crippen LogP contribution is -2.58. The number of hydrogen-bond donors (Lipinski definition) is 2. The van der Waals surface area contributed by atoms with Gasteiger partial charge in [-0.15, -0.1) is 0 Å².